The van der Waals surface area contributed by atoms with Crippen molar-refractivity contribution in [2.45, 2.75) is 82.6 Å². The monoisotopic (exact) mass is 433 g/mol. The van der Waals surface area contributed by atoms with Gasteiger partial charge in [0.2, 0.25) is 5.91 Å². The molecule has 0 bridgehead atoms. The molecular formula is C20H34F3N5O2. The van der Waals surface area contributed by atoms with Crippen molar-refractivity contribution in [1.29, 1.82) is 0 Å². The lowest BCUT2D eigenvalue weighted by atomic mass is 9.83. The van der Waals surface area contributed by atoms with Crippen LogP contribution in [-0.2, 0) is 9.53 Å². The van der Waals surface area contributed by atoms with Crippen LogP contribution in [0.15, 0.2) is 4.99 Å². The number of hydrogen-bond donors (Lipinski definition) is 4. The molecule has 3 rings (SSSR count). The Labute approximate surface area is 175 Å². The number of nitrogens with zero attached hydrogens (tertiary/aromatic N) is 1. The smallest absolute Gasteiger partial charge is 0.229 e. The van der Waals surface area contributed by atoms with E-state index >= 15 is 0 Å². The van der Waals surface area contributed by atoms with Gasteiger partial charge in [0, 0.05) is 31.6 Å². The van der Waals surface area contributed by atoms with Crippen LogP contribution in [0.3, 0.4) is 0 Å². The molecule has 2 saturated carbocycles. The van der Waals surface area contributed by atoms with E-state index in [1.807, 2.05) is 6.92 Å². The molecule has 30 heavy (non-hydrogen) atoms. The van der Waals surface area contributed by atoms with E-state index in [1.54, 1.807) is 0 Å². The van der Waals surface area contributed by atoms with E-state index in [4.69, 9.17) is 4.74 Å². The Hall–Kier alpha value is -1.39. The summed E-state index contributed by atoms with van der Waals surface area (Å²) in [6.45, 7) is 3.53. The van der Waals surface area contributed by atoms with Crippen molar-refractivity contribution in [1.82, 2.24) is 21.5 Å². The fourth-order valence-corrected chi connectivity index (χ4v) is 4.49. The van der Waals surface area contributed by atoms with Crippen LogP contribution in [0.4, 0.5) is 13.2 Å². The molecule has 1 saturated heterocycles. The Morgan fingerprint density at radius 2 is 1.93 bits per heavy atom. The third kappa shape index (κ3) is 6.07. The highest BCUT2D eigenvalue weighted by Gasteiger charge is 2.43. The van der Waals surface area contributed by atoms with E-state index in [0.29, 0.717) is 39.0 Å². The highest BCUT2D eigenvalue weighted by Crippen LogP contribution is 2.31. The van der Waals surface area contributed by atoms with Crippen molar-refractivity contribution in [3.8, 4) is 0 Å². The Kier molecular flexibility index (Phi) is 8.76. The Bertz CT molecular complexity index is 597. The summed E-state index contributed by atoms with van der Waals surface area (Å²) < 4.78 is 46.6. The van der Waals surface area contributed by atoms with Gasteiger partial charge in [0.05, 0.1) is 12.2 Å². The number of hydrogen-bond acceptors (Lipinski definition) is 5. The molecule has 1 aliphatic heterocycles. The van der Waals surface area contributed by atoms with Crippen LogP contribution < -0.4 is 21.5 Å². The molecule has 3 aliphatic rings. The summed E-state index contributed by atoms with van der Waals surface area (Å²) in [7, 11) is 0. The van der Waals surface area contributed by atoms with Crippen molar-refractivity contribution in [3.05, 3.63) is 0 Å². The normalized spacial score (nSPS) is 36.9. The average Bonchev–Trinajstić information content (AvgIpc) is 3.14. The van der Waals surface area contributed by atoms with Gasteiger partial charge in [-0.15, -0.1) is 0 Å². The SMILES string of the molecule is CCOCCCN=C(NC(=O)C1CCC(F)C(F)C1)NC1NNC2C(F)CCCC12. The van der Waals surface area contributed by atoms with E-state index in [1.165, 1.54) is 0 Å². The van der Waals surface area contributed by atoms with Crippen LogP contribution in [-0.4, -0.2) is 62.3 Å². The predicted molar refractivity (Wildman–Crippen MR) is 108 cm³/mol. The Morgan fingerprint density at radius 3 is 2.70 bits per heavy atom. The quantitative estimate of drug-likeness (QED) is 0.280. The molecular weight excluding hydrogens is 399 g/mol. The highest BCUT2D eigenvalue weighted by molar-refractivity contribution is 5.98. The average molecular weight is 434 g/mol. The fourth-order valence-electron chi connectivity index (χ4n) is 4.49. The van der Waals surface area contributed by atoms with Gasteiger partial charge in [-0.05, 0) is 45.4 Å². The lowest BCUT2D eigenvalue weighted by molar-refractivity contribution is -0.125. The van der Waals surface area contributed by atoms with E-state index in [-0.39, 0.29) is 42.8 Å². The van der Waals surface area contributed by atoms with Crippen LogP contribution in [0, 0.1) is 11.8 Å². The summed E-state index contributed by atoms with van der Waals surface area (Å²) in [6, 6.07) is -0.279. The third-order valence-corrected chi connectivity index (χ3v) is 6.22. The number of alkyl halides is 3. The topological polar surface area (TPSA) is 86.8 Å². The standard InChI is InChI=1S/C20H34F3N5O2/c1-2-30-10-4-9-24-20(26-19(29)12-7-8-14(21)16(23)11-12)25-18-13-5-3-6-15(22)17(13)27-28-18/h12-18,27-28H,2-11H2,1H3,(H2,24,25,26,29). The minimum Gasteiger partial charge on any atom is -0.382 e. The van der Waals surface area contributed by atoms with Crippen LogP contribution in [0.1, 0.15) is 51.9 Å². The van der Waals surface area contributed by atoms with Gasteiger partial charge in [-0.1, -0.05) is 6.42 Å². The second-order valence-electron chi connectivity index (χ2n) is 8.36. The first-order chi connectivity index (χ1) is 14.5. The summed E-state index contributed by atoms with van der Waals surface area (Å²) >= 11 is 0. The Morgan fingerprint density at radius 1 is 1.10 bits per heavy atom. The fraction of sp³-hybridized carbons (Fsp3) is 0.900. The number of nitrogens with one attached hydrogen (secondary N) is 4. The zero-order valence-electron chi connectivity index (χ0n) is 17.5. The lowest BCUT2D eigenvalue weighted by Crippen LogP contribution is -2.54. The highest BCUT2D eigenvalue weighted by atomic mass is 19.2. The molecule has 1 heterocycles. The summed E-state index contributed by atoms with van der Waals surface area (Å²) in [4.78, 5) is 17.1. The number of guanidine groups is 1. The van der Waals surface area contributed by atoms with Crippen molar-refractivity contribution >= 4 is 11.9 Å². The second-order valence-corrected chi connectivity index (χ2v) is 8.36. The van der Waals surface area contributed by atoms with Gasteiger partial charge in [0.1, 0.15) is 18.5 Å². The molecule has 7 nitrogen and oxygen atoms in total. The van der Waals surface area contributed by atoms with Crippen molar-refractivity contribution < 1.29 is 22.7 Å². The maximum Gasteiger partial charge on any atom is 0.229 e. The number of ether oxygens (including phenoxy) is 1. The molecule has 0 aromatic heterocycles. The van der Waals surface area contributed by atoms with Gasteiger partial charge >= 0.3 is 0 Å². The molecule has 4 N–H and O–H groups in total. The summed E-state index contributed by atoms with van der Waals surface area (Å²) in [5.41, 5.74) is 6.08. The minimum absolute atomic E-state index is 0.0245. The molecule has 0 aromatic rings. The number of aliphatic imine (C=N–C) groups is 1. The zero-order valence-corrected chi connectivity index (χ0v) is 17.5. The molecule has 7 atom stereocenters. The number of amides is 1. The molecule has 2 aliphatic carbocycles. The molecule has 10 heteroatoms. The molecule has 1 amide bonds. The van der Waals surface area contributed by atoms with Crippen LogP contribution >= 0.6 is 0 Å². The van der Waals surface area contributed by atoms with Gasteiger partial charge < -0.3 is 10.1 Å². The van der Waals surface area contributed by atoms with E-state index in [0.717, 1.165) is 12.8 Å². The van der Waals surface area contributed by atoms with Crippen LogP contribution in [0.25, 0.3) is 0 Å². The molecule has 0 aromatic carbocycles. The van der Waals surface area contributed by atoms with Crippen LogP contribution in [0.2, 0.25) is 0 Å². The first kappa shape index (κ1) is 23.3. The minimum atomic E-state index is -1.61. The van der Waals surface area contributed by atoms with Crippen molar-refractivity contribution in [2.75, 3.05) is 19.8 Å². The number of carbonyl (C=O) groups is 1. The second kappa shape index (κ2) is 11.3. The molecule has 0 spiro atoms. The van der Waals surface area contributed by atoms with Crippen molar-refractivity contribution in [3.63, 3.8) is 0 Å². The number of hydrazine groups is 1. The van der Waals surface area contributed by atoms with Crippen molar-refractivity contribution in [2.24, 2.45) is 16.8 Å². The number of halogens is 3. The summed E-state index contributed by atoms with van der Waals surface area (Å²) in [5.74, 6) is -0.656. The van der Waals surface area contributed by atoms with E-state index < -0.39 is 24.4 Å². The van der Waals surface area contributed by atoms with E-state index in [2.05, 4.69) is 26.5 Å². The van der Waals surface area contributed by atoms with Crippen LogP contribution in [0.5, 0.6) is 0 Å². The van der Waals surface area contributed by atoms with Gasteiger partial charge in [-0.3, -0.25) is 15.1 Å². The van der Waals surface area contributed by atoms with Gasteiger partial charge in [-0.2, -0.15) is 0 Å². The third-order valence-electron chi connectivity index (χ3n) is 6.22. The first-order valence-electron chi connectivity index (χ1n) is 11.1. The number of fused-ring (bicyclic) bond motifs is 1. The summed E-state index contributed by atoms with van der Waals surface area (Å²) in [6.07, 6.45) is -1.18. The predicted octanol–water partition coefficient (Wildman–Crippen LogP) is 1.89. The Balaban J connectivity index is 1.60. The molecule has 7 unspecified atom stereocenters. The number of carbonyl (C=O) groups excluding carboxylic acids is 1. The largest absolute Gasteiger partial charge is 0.382 e. The number of rotatable bonds is 7. The maximum atomic E-state index is 14.2. The van der Waals surface area contributed by atoms with E-state index in [9.17, 15) is 18.0 Å². The molecule has 172 valence electrons. The summed E-state index contributed by atoms with van der Waals surface area (Å²) in [5, 5.41) is 5.94. The van der Waals surface area contributed by atoms with Gasteiger partial charge in [0.25, 0.3) is 0 Å². The van der Waals surface area contributed by atoms with Gasteiger partial charge in [-0.25, -0.2) is 24.0 Å². The molecule has 0 radical (unpaired) electrons. The first-order valence-corrected chi connectivity index (χ1v) is 11.1. The maximum absolute atomic E-state index is 14.2. The molecule has 3 fully saturated rings. The lowest BCUT2D eigenvalue weighted by Gasteiger charge is -2.31. The van der Waals surface area contributed by atoms with Gasteiger partial charge in [0.15, 0.2) is 5.96 Å². The zero-order chi connectivity index (χ0) is 21.5.